The maximum Gasteiger partial charge on any atom is 0.306 e. The molecular formula is C14H23NO3S. The van der Waals surface area contributed by atoms with Crippen LogP contribution in [0.5, 0.6) is 0 Å². The average Bonchev–Trinajstić information content (AvgIpc) is 2.83. The van der Waals surface area contributed by atoms with Crippen molar-refractivity contribution < 1.29 is 14.7 Å². The number of rotatable bonds is 4. The van der Waals surface area contributed by atoms with E-state index in [0.717, 1.165) is 6.54 Å². The zero-order chi connectivity index (χ0) is 13.9. The molecule has 1 saturated carbocycles. The van der Waals surface area contributed by atoms with Crippen molar-refractivity contribution in [2.75, 3.05) is 12.3 Å². The molecule has 2 rings (SSSR count). The minimum Gasteiger partial charge on any atom is -0.481 e. The SMILES string of the molecule is CC1(CNC(=O)C2CCC(C(=O)O)CC2)CCCS1. The van der Waals surface area contributed by atoms with Crippen LogP contribution >= 0.6 is 11.8 Å². The lowest BCUT2D eigenvalue weighted by molar-refractivity contribution is -0.144. The minimum absolute atomic E-state index is 0.0191. The van der Waals surface area contributed by atoms with Crippen LogP contribution in [0.2, 0.25) is 0 Å². The maximum absolute atomic E-state index is 12.1. The predicted molar refractivity (Wildman–Crippen MR) is 76.2 cm³/mol. The predicted octanol–water partition coefficient (Wildman–Crippen LogP) is 2.28. The van der Waals surface area contributed by atoms with Crippen molar-refractivity contribution in [2.24, 2.45) is 11.8 Å². The van der Waals surface area contributed by atoms with Gasteiger partial charge in [-0.15, -0.1) is 0 Å². The van der Waals surface area contributed by atoms with Gasteiger partial charge in [0, 0.05) is 17.2 Å². The highest BCUT2D eigenvalue weighted by atomic mass is 32.2. The van der Waals surface area contributed by atoms with E-state index in [9.17, 15) is 9.59 Å². The normalized spacial score (nSPS) is 35.0. The van der Waals surface area contributed by atoms with Gasteiger partial charge in [-0.1, -0.05) is 0 Å². The zero-order valence-corrected chi connectivity index (χ0v) is 12.3. The Hall–Kier alpha value is -0.710. The van der Waals surface area contributed by atoms with Crippen molar-refractivity contribution in [1.29, 1.82) is 0 Å². The molecule has 0 aromatic heterocycles. The number of thioether (sulfide) groups is 1. The van der Waals surface area contributed by atoms with E-state index in [-0.39, 0.29) is 22.5 Å². The summed E-state index contributed by atoms with van der Waals surface area (Å²) in [6.07, 6.45) is 5.11. The van der Waals surface area contributed by atoms with E-state index in [4.69, 9.17) is 5.11 Å². The fourth-order valence-corrected chi connectivity index (χ4v) is 4.24. The Labute approximate surface area is 118 Å². The Kier molecular flexibility index (Phi) is 4.76. The Balaban J connectivity index is 1.74. The van der Waals surface area contributed by atoms with Crippen LogP contribution in [-0.4, -0.2) is 34.0 Å². The number of hydrogen-bond donors (Lipinski definition) is 2. The van der Waals surface area contributed by atoms with Crippen LogP contribution in [0, 0.1) is 11.8 Å². The molecule has 0 spiro atoms. The molecule has 0 aromatic carbocycles. The fraction of sp³-hybridized carbons (Fsp3) is 0.857. The number of aliphatic carboxylic acids is 1. The first kappa shape index (κ1) is 14.7. The van der Waals surface area contributed by atoms with Gasteiger partial charge in [0.05, 0.1) is 5.92 Å². The van der Waals surface area contributed by atoms with Gasteiger partial charge in [0.2, 0.25) is 5.91 Å². The van der Waals surface area contributed by atoms with E-state index in [1.165, 1.54) is 18.6 Å². The van der Waals surface area contributed by atoms with E-state index in [1.807, 2.05) is 11.8 Å². The van der Waals surface area contributed by atoms with Gasteiger partial charge in [-0.05, 0) is 51.2 Å². The molecule has 5 heteroatoms. The zero-order valence-electron chi connectivity index (χ0n) is 11.5. The molecule has 19 heavy (non-hydrogen) atoms. The van der Waals surface area contributed by atoms with E-state index in [2.05, 4.69) is 12.2 Å². The van der Waals surface area contributed by atoms with Crippen LogP contribution < -0.4 is 5.32 Å². The highest BCUT2D eigenvalue weighted by Gasteiger charge is 2.33. The van der Waals surface area contributed by atoms with Gasteiger partial charge in [0.25, 0.3) is 0 Å². The third-order valence-electron chi connectivity index (χ3n) is 4.38. The van der Waals surface area contributed by atoms with E-state index in [0.29, 0.717) is 25.7 Å². The van der Waals surface area contributed by atoms with Crippen molar-refractivity contribution in [1.82, 2.24) is 5.32 Å². The molecule has 0 radical (unpaired) electrons. The summed E-state index contributed by atoms with van der Waals surface area (Å²) in [4.78, 5) is 23.0. The molecule has 1 unspecified atom stereocenters. The van der Waals surface area contributed by atoms with Crippen LogP contribution in [0.15, 0.2) is 0 Å². The highest BCUT2D eigenvalue weighted by Crippen LogP contribution is 2.37. The standard InChI is InChI=1S/C14H23NO3S/c1-14(7-2-8-19-14)9-15-12(16)10-3-5-11(6-4-10)13(17)18/h10-11H,2-9H2,1H3,(H,15,16)(H,17,18). The first-order valence-corrected chi connectivity index (χ1v) is 8.13. The monoisotopic (exact) mass is 285 g/mol. The van der Waals surface area contributed by atoms with E-state index >= 15 is 0 Å². The number of hydrogen-bond acceptors (Lipinski definition) is 3. The Bertz CT molecular complexity index is 345. The number of carboxylic acid groups (broad SMARTS) is 1. The molecular weight excluding hydrogens is 262 g/mol. The Morgan fingerprint density at radius 1 is 1.26 bits per heavy atom. The van der Waals surface area contributed by atoms with E-state index < -0.39 is 5.97 Å². The first-order valence-electron chi connectivity index (χ1n) is 7.15. The van der Waals surface area contributed by atoms with Crippen molar-refractivity contribution in [3.8, 4) is 0 Å². The number of carbonyl (C=O) groups excluding carboxylic acids is 1. The second-order valence-corrected chi connectivity index (χ2v) is 7.69. The third-order valence-corrected chi connectivity index (χ3v) is 5.92. The molecule has 1 aliphatic carbocycles. The first-order chi connectivity index (χ1) is 9.00. The van der Waals surface area contributed by atoms with Crippen LogP contribution in [0.1, 0.15) is 45.4 Å². The lowest BCUT2D eigenvalue weighted by Gasteiger charge is -2.28. The van der Waals surface area contributed by atoms with Gasteiger partial charge >= 0.3 is 5.97 Å². The summed E-state index contributed by atoms with van der Waals surface area (Å²) in [5.41, 5.74) is 0. The summed E-state index contributed by atoms with van der Waals surface area (Å²) < 4.78 is 0.202. The summed E-state index contributed by atoms with van der Waals surface area (Å²) in [5, 5.41) is 12.0. The highest BCUT2D eigenvalue weighted by molar-refractivity contribution is 8.00. The van der Waals surface area contributed by atoms with Gasteiger partial charge in [0.1, 0.15) is 0 Å². The van der Waals surface area contributed by atoms with Gasteiger partial charge in [-0.3, -0.25) is 9.59 Å². The maximum atomic E-state index is 12.1. The van der Waals surface area contributed by atoms with Gasteiger partial charge in [-0.2, -0.15) is 11.8 Å². The Morgan fingerprint density at radius 2 is 1.89 bits per heavy atom. The summed E-state index contributed by atoms with van der Waals surface area (Å²) in [7, 11) is 0. The molecule has 2 fully saturated rings. The van der Waals surface area contributed by atoms with E-state index in [1.54, 1.807) is 0 Å². The van der Waals surface area contributed by atoms with Crippen LogP contribution in [0.4, 0.5) is 0 Å². The molecule has 1 aliphatic heterocycles. The number of carboxylic acids is 1. The fourth-order valence-electron chi connectivity index (χ4n) is 3.00. The molecule has 1 atom stereocenters. The van der Waals surface area contributed by atoms with Crippen LogP contribution in [-0.2, 0) is 9.59 Å². The van der Waals surface area contributed by atoms with Crippen molar-refractivity contribution >= 4 is 23.6 Å². The second kappa shape index (κ2) is 6.16. The van der Waals surface area contributed by atoms with Gasteiger partial charge in [0.15, 0.2) is 0 Å². The topological polar surface area (TPSA) is 66.4 Å². The molecule has 1 heterocycles. The summed E-state index contributed by atoms with van der Waals surface area (Å²) in [6.45, 7) is 2.96. The molecule has 1 amide bonds. The number of carbonyl (C=O) groups is 2. The number of amides is 1. The van der Waals surface area contributed by atoms with Crippen molar-refractivity contribution in [3.63, 3.8) is 0 Å². The average molecular weight is 285 g/mol. The van der Waals surface area contributed by atoms with Crippen LogP contribution in [0.25, 0.3) is 0 Å². The molecule has 108 valence electrons. The summed E-state index contributed by atoms with van der Waals surface area (Å²) in [5.74, 6) is 0.375. The molecule has 4 nitrogen and oxygen atoms in total. The van der Waals surface area contributed by atoms with Gasteiger partial charge in [-0.25, -0.2) is 0 Å². The molecule has 1 saturated heterocycles. The summed E-state index contributed by atoms with van der Waals surface area (Å²) in [6, 6.07) is 0. The summed E-state index contributed by atoms with van der Waals surface area (Å²) >= 11 is 1.95. The second-order valence-electron chi connectivity index (χ2n) is 6.01. The van der Waals surface area contributed by atoms with Gasteiger partial charge < -0.3 is 10.4 Å². The molecule has 2 N–H and O–H groups in total. The smallest absolute Gasteiger partial charge is 0.306 e. The van der Waals surface area contributed by atoms with Crippen molar-refractivity contribution in [3.05, 3.63) is 0 Å². The molecule has 0 bridgehead atoms. The third kappa shape index (κ3) is 3.88. The quantitative estimate of drug-likeness (QED) is 0.831. The lowest BCUT2D eigenvalue weighted by Crippen LogP contribution is -2.41. The number of nitrogens with one attached hydrogen (secondary N) is 1. The van der Waals surface area contributed by atoms with Crippen LogP contribution in [0.3, 0.4) is 0 Å². The largest absolute Gasteiger partial charge is 0.481 e. The lowest BCUT2D eigenvalue weighted by atomic mass is 9.81. The Morgan fingerprint density at radius 3 is 2.42 bits per heavy atom. The minimum atomic E-state index is -0.714. The van der Waals surface area contributed by atoms with Crippen molar-refractivity contribution in [2.45, 2.75) is 50.2 Å². The molecule has 2 aliphatic rings. The molecule has 0 aromatic rings.